The predicted molar refractivity (Wildman–Crippen MR) is 109 cm³/mol. The summed E-state index contributed by atoms with van der Waals surface area (Å²) < 4.78 is 0. The number of carbonyl (C=O) groups excluding carboxylic acids is 3. The molecule has 0 aliphatic carbocycles. The second-order valence-corrected chi connectivity index (χ2v) is 7.84. The summed E-state index contributed by atoms with van der Waals surface area (Å²) >= 11 is 1.47. The molecule has 0 aromatic carbocycles. The molecule has 3 amide bonds. The van der Waals surface area contributed by atoms with Crippen LogP contribution in [0.4, 0.5) is 0 Å². The van der Waals surface area contributed by atoms with Crippen LogP contribution in [-0.2, 0) is 24.0 Å². The Morgan fingerprint density at radius 2 is 1.47 bits per heavy atom. The molecular weight excluding hydrogens is 420 g/mol. The van der Waals surface area contributed by atoms with Gasteiger partial charge in [0, 0.05) is 0 Å². The third kappa shape index (κ3) is 9.89. The van der Waals surface area contributed by atoms with Crippen molar-refractivity contribution < 1.29 is 39.3 Å². The van der Waals surface area contributed by atoms with Gasteiger partial charge in [0.25, 0.3) is 0 Å². The van der Waals surface area contributed by atoms with Gasteiger partial charge in [0.1, 0.15) is 18.1 Å². The summed E-state index contributed by atoms with van der Waals surface area (Å²) in [7, 11) is 0. The molecule has 0 bridgehead atoms. The van der Waals surface area contributed by atoms with Crippen molar-refractivity contribution in [3.05, 3.63) is 0 Å². The second-order valence-electron chi connectivity index (χ2n) is 6.86. The first-order valence-corrected chi connectivity index (χ1v) is 10.5. The van der Waals surface area contributed by atoms with E-state index in [9.17, 15) is 29.1 Å². The monoisotopic (exact) mass is 450 g/mol. The van der Waals surface area contributed by atoms with Gasteiger partial charge in [-0.3, -0.25) is 19.2 Å². The lowest BCUT2D eigenvalue weighted by Crippen LogP contribution is -2.58. The number of nitrogens with one attached hydrogen (secondary N) is 3. The molecule has 0 rings (SSSR count). The Morgan fingerprint density at radius 3 is 1.90 bits per heavy atom. The molecular formula is C17H30N4O8S. The van der Waals surface area contributed by atoms with Crippen LogP contribution >= 0.6 is 11.8 Å². The van der Waals surface area contributed by atoms with Crippen LogP contribution in [0.2, 0.25) is 0 Å². The van der Waals surface area contributed by atoms with E-state index in [0.29, 0.717) is 12.2 Å². The molecule has 8 N–H and O–H groups in total. The fraction of sp³-hybridized carbons (Fsp3) is 0.706. The Hall–Kier alpha value is -2.38. The highest BCUT2D eigenvalue weighted by molar-refractivity contribution is 7.98. The molecule has 172 valence electrons. The fourth-order valence-corrected chi connectivity index (χ4v) is 2.76. The zero-order valence-electron chi connectivity index (χ0n) is 17.1. The lowest BCUT2D eigenvalue weighted by Gasteiger charge is -2.24. The average molecular weight is 451 g/mol. The van der Waals surface area contributed by atoms with Crippen LogP contribution in [-0.4, -0.2) is 87.8 Å². The molecule has 4 atom stereocenters. The first-order valence-electron chi connectivity index (χ1n) is 9.15. The molecule has 0 aromatic heterocycles. The van der Waals surface area contributed by atoms with E-state index in [2.05, 4.69) is 16.0 Å². The average Bonchev–Trinajstić information content (AvgIpc) is 2.66. The van der Waals surface area contributed by atoms with Crippen LogP contribution in [0.5, 0.6) is 0 Å². The highest BCUT2D eigenvalue weighted by Gasteiger charge is 2.32. The minimum atomic E-state index is -1.62. The number of amides is 3. The summed E-state index contributed by atoms with van der Waals surface area (Å²) in [6.07, 6.45) is 1.33. The molecule has 13 heteroatoms. The smallest absolute Gasteiger partial charge is 0.326 e. The standard InChI is InChI=1S/C17H30N4O8S/c1-8(2)13(17(28)29)21-15(26)10(6-12(23)24)19-16(27)11(7-22)20-14(25)9(18)4-5-30-3/h8-11,13,22H,4-7,18H2,1-3H3,(H,19,27)(H,20,25)(H,21,26)(H,23,24)(H,28,29). The minimum Gasteiger partial charge on any atom is -0.481 e. The summed E-state index contributed by atoms with van der Waals surface area (Å²) in [5, 5.41) is 34.1. The fourth-order valence-electron chi connectivity index (χ4n) is 2.27. The molecule has 0 radical (unpaired) electrons. The summed E-state index contributed by atoms with van der Waals surface area (Å²) in [6, 6.07) is -5.30. The number of carboxylic acid groups (broad SMARTS) is 2. The highest BCUT2D eigenvalue weighted by atomic mass is 32.2. The Labute approximate surface area is 178 Å². The van der Waals surface area contributed by atoms with Gasteiger partial charge in [-0.1, -0.05) is 13.8 Å². The number of hydrogen-bond acceptors (Lipinski definition) is 8. The van der Waals surface area contributed by atoms with Crippen LogP contribution in [0, 0.1) is 5.92 Å². The normalized spacial score (nSPS) is 14.9. The Bertz CT molecular complexity index is 631. The largest absolute Gasteiger partial charge is 0.481 e. The van der Waals surface area contributed by atoms with Gasteiger partial charge in [-0.25, -0.2) is 4.79 Å². The third-order valence-corrected chi connectivity index (χ3v) is 4.67. The van der Waals surface area contributed by atoms with Crippen LogP contribution in [0.1, 0.15) is 26.7 Å². The molecule has 0 aliphatic rings. The lowest BCUT2D eigenvalue weighted by molar-refractivity contribution is -0.144. The van der Waals surface area contributed by atoms with E-state index in [1.54, 1.807) is 13.8 Å². The van der Waals surface area contributed by atoms with Gasteiger partial charge in [-0.15, -0.1) is 0 Å². The summed E-state index contributed by atoms with van der Waals surface area (Å²) in [5.74, 6) is -5.36. The van der Waals surface area contributed by atoms with Crippen LogP contribution < -0.4 is 21.7 Å². The van der Waals surface area contributed by atoms with Gasteiger partial charge in [0.05, 0.1) is 19.1 Å². The molecule has 4 unspecified atom stereocenters. The summed E-state index contributed by atoms with van der Waals surface area (Å²) in [5.41, 5.74) is 5.70. The molecule has 0 fully saturated rings. The Kier molecular flexibility index (Phi) is 12.7. The molecule has 0 heterocycles. The van der Waals surface area contributed by atoms with E-state index in [0.717, 1.165) is 0 Å². The maximum absolute atomic E-state index is 12.4. The van der Waals surface area contributed by atoms with E-state index >= 15 is 0 Å². The number of carboxylic acids is 2. The Morgan fingerprint density at radius 1 is 0.933 bits per heavy atom. The number of aliphatic hydroxyl groups is 1. The molecule has 12 nitrogen and oxygen atoms in total. The number of carbonyl (C=O) groups is 5. The van der Waals surface area contributed by atoms with Crippen molar-refractivity contribution in [3.63, 3.8) is 0 Å². The minimum absolute atomic E-state index is 0.336. The first kappa shape index (κ1) is 27.6. The number of aliphatic hydroxyl groups excluding tert-OH is 1. The number of nitrogens with two attached hydrogens (primary N) is 1. The SMILES string of the molecule is CSCCC(N)C(=O)NC(CO)C(=O)NC(CC(=O)O)C(=O)NC(C(=O)O)C(C)C. The summed E-state index contributed by atoms with van der Waals surface area (Å²) in [4.78, 5) is 59.1. The lowest BCUT2D eigenvalue weighted by atomic mass is 10.0. The molecule has 0 aliphatic heterocycles. The third-order valence-electron chi connectivity index (χ3n) is 4.03. The topological polar surface area (TPSA) is 208 Å². The molecule has 0 spiro atoms. The maximum Gasteiger partial charge on any atom is 0.326 e. The van der Waals surface area contributed by atoms with E-state index in [1.807, 2.05) is 6.26 Å². The van der Waals surface area contributed by atoms with Crippen molar-refractivity contribution in [3.8, 4) is 0 Å². The van der Waals surface area contributed by atoms with Crippen molar-refractivity contribution in [2.45, 2.75) is 50.9 Å². The van der Waals surface area contributed by atoms with Crippen LogP contribution in [0.15, 0.2) is 0 Å². The highest BCUT2D eigenvalue weighted by Crippen LogP contribution is 2.04. The van der Waals surface area contributed by atoms with E-state index in [4.69, 9.17) is 15.9 Å². The number of hydrogen-bond donors (Lipinski definition) is 7. The number of thioether (sulfide) groups is 1. The maximum atomic E-state index is 12.4. The first-order chi connectivity index (χ1) is 13.9. The predicted octanol–water partition coefficient (Wildman–Crippen LogP) is -2.27. The van der Waals surface area contributed by atoms with Crippen molar-refractivity contribution >= 4 is 41.4 Å². The van der Waals surface area contributed by atoms with E-state index in [1.165, 1.54) is 11.8 Å². The van der Waals surface area contributed by atoms with Gasteiger partial charge >= 0.3 is 11.9 Å². The van der Waals surface area contributed by atoms with Crippen molar-refractivity contribution in [1.29, 1.82) is 0 Å². The quantitative estimate of drug-likeness (QED) is 0.151. The van der Waals surface area contributed by atoms with Crippen LogP contribution in [0.3, 0.4) is 0 Å². The molecule has 0 saturated heterocycles. The summed E-state index contributed by atoms with van der Waals surface area (Å²) in [6.45, 7) is 2.26. The van der Waals surface area contributed by atoms with Crippen molar-refractivity contribution in [2.75, 3.05) is 18.6 Å². The number of aliphatic carboxylic acids is 2. The molecule has 30 heavy (non-hydrogen) atoms. The van der Waals surface area contributed by atoms with Gasteiger partial charge in [-0.2, -0.15) is 11.8 Å². The van der Waals surface area contributed by atoms with Gasteiger partial charge < -0.3 is 37.0 Å². The number of rotatable bonds is 14. The molecule has 0 aromatic rings. The zero-order chi connectivity index (χ0) is 23.4. The van der Waals surface area contributed by atoms with Gasteiger partial charge in [0.15, 0.2) is 0 Å². The van der Waals surface area contributed by atoms with Crippen molar-refractivity contribution in [2.24, 2.45) is 11.7 Å². The Balaban J connectivity index is 5.22. The van der Waals surface area contributed by atoms with Gasteiger partial charge in [-0.05, 0) is 24.3 Å². The second kappa shape index (κ2) is 13.8. The zero-order valence-corrected chi connectivity index (χ0v) is 17.9. The van der Waals surface area contributed by atoms with E-state index in [-0.39, 0.29) is 0 Å². The van der Waals surface area contributed by atoms with Crippen molar-refractivity contribution in [1.82, 2.24) is 16.0 Å². The van der Waals surface area contributed by atoms with E-state index < -0.39 is 72.8 Å². The molecule has 0 saturated carbocycles. The van der Waals surface area contributed by atoms with Crippen LogP contribution in [0.25, 0.3) is 0 Å². The van der Waals surface area contributed by atoms with Gasteiger partial charge in [0.2, 0.25) is 17.7 Å².